The molecular weight excluding hydrogens is 434 g/mol. The third kappa shape index (κ3) is 4.98. The van der Waals surface area contributed by atoms with Gasteiger partial charge in [-0.25, -0.2) is 0 Å². The molecule has 34 heavy (non-hydrogen) atoms. The minimum Gasteiger partial charge on any atom is -0.497 e. The van der Waals surface area contributed by atoms with Gasteiger partial charge in [-0.2, -0.15) is 4.98 Å². The van der Waals surface area contributed by atoms with E-state index in [9.17, 15) is 9.59 Å². The van der Waals surface area contributed by atoms with Gasteiger partial charge in [0.1, 0.15) is 5.75 Å². The van der Waals surface area contributed by atoms with Crippen LogP contribution in [0.3, 0.4) is 0 Å². The average molecular weight is 460 g/mol. The minimum atomic E-state index is -0.386. The van der Waals surface area contributed by atoms with E-state index in [4.69, 9.17) is 9.26 Å². The summed E-state index contributed by atoms with van der Waals surface area (Å²) in [6.07, 6.45) is 0.320. The molecule has 2 aromatic carbocycles. The van der Waals surface area contributed by atoms with E-state index in [2.05, 4.69) is 21.0 Å². The second-order valence-corrected chi connectivity index (χ2v) is 7.70. The van der Waals surface area contributed by atoms with Crippen molar-refractivity contribution >= 4 is 11.8 Å². The Bertz CT molecular complexity index is 1290. The fraction of sp³-hybridized carbons (Fsp3) is 0.200. The Kier molecular flexibility index (Phi) is 6.72. The summed E-state index contributed by atoms with van der Waals surface area (Å²) < 4.78 is 12.4. The van der Waals surface area contributed by atoms with E-state index in [0.717, 1.165) is 28.4 Å². The molecule has 0 unspecified atom stereocenters. The molecule has 0 aliphatic carbocycles. The average Bonchev–Trinajstić information content (AvgIpc) is 3.45. The fourth-order valence-electron chi connectivity index (χ4n) is 3.66. The summed E-state index contributed by atoms with van der Waals surface area (Å²) in [6, 6.07) is 18.8. The van der Waals surface area contributed by atoms with Gasteiger partial charge in [-0.3, -0.25) is 20.4 Å². The number of hydrazine groups is 1. The van der Waals surface area contributed by atoms with E-state index < -0.39 is 0 Å². The van der Waals surface area contributed by atoms with Gasteiger partial charge in [0.2, 0.25) is 17.6 Å². The number of benzene rings is 2. The number of amides is 2. The van der Waals surface area contributed by atoms with Crippen LogP contribution in [-0.2, 0) is 11.2 Å². The summed E-state index contributed by atoms with van der Waals surface area (Å²) in [7, 11) is 1.60. The first-order valence-electron chi connectivity index (χ1n) is 10.8. The van der Waals surface area contributed by atoms with Gasteiger partial charge in [-0.05, 0) is 56.3 Å². The van der Waals surface area contributed by atoms with Gasteiger partial charge in [0.25, 0.3) is 5.91 Å². The Balaban J connectivity index is 1.31. The molecule has 4 rings (SSSR count). The molecule has 0 fully saturated rings. The van der Waals surface area contributed by atoms with Crippen molar-refractivity contribution in [1.82, 2.24) is 25.6 Å². The molecule has 0 atom stereocenters. The quantitative estimate of drug-likeness (QED) is 0.409. The summed E-state index contributed by atoms with van der Waals surface area (Å²) in [4.78, 5) is 29.2. The van der Waals surface area contributed by atoms with E-state index in [-0.39, 0.29) is 24.7 Å². The first kappa shape index (κ1) is 22.8. The topological polar surface area (TPSA) is 111 Å². The number of aromatic nitrogens is 3. The summed E-state index contributed by atoms with van der Waals surface area (Å²) in [5.74, 6) is 0.740. The molecule has 174 valence electrons. The Labute approximate surface area is 196 Å². The molecule has 0 bridgehead atoms. The van der Waals surface area contributed by atoms with Crippen LogP contribution in [0.25, 0.3) is 17.1 Å². The molecule has 0 radical (unpaired) electrons. The van der Waals surface area contributed by atoms with E-state index in [0.29, 0.717) is 17.3 Å². The number of ether oxygens (including phenoxy) is 1. The van der Waals surface area contributed by atoms with E-state index in [1.54, 1.807) is 25.3 Å². The molecule has 4 aromatic rings. The van der Waals surface area contributed by atoms with Crippen LogP contribution in [0.1, 0.15) is 34.1 Å². The molecule has 9 heteroatoms. The van der Waals surface area contributed by atoms with Gasteiger partial charge in [-0.1, -0.05) is 23.4 Å². The number of carbonyl (C=O) groups excluding carboxylic acids is 2. The van der Waals surface area contributed by atoms with Gasteiger partial charge >= 0.3 is 0 Å². The maximum absolute atomic E-state index is 12.7. The van der Waals surface area contributed by atoms with Crippen LogP contribution < -0.4 is 15.6 Å². The number of carbonyl (C=O) groups is 2. The zero-order valence-electron chi connectivity index (χ0n) is 19.2. The van der Waals surface area contributed by atoms with Crippen LogP contribution in [-0.4, -0.2) is 33.6 Å². The number of aryl methyl sites for hydroxylation is 2. The summed E-state index contributed by atoms with van der Waals surface area (Å²) in [6.45, 7) is 3.80. The minimum absolute atomic E-state index is 0.0769. The predicted octanol–water partition coefficient (Wildman–Crippen LogP) is 3.55. The maximum Gasteiger partial charge on any atom is 0.271 e. The van der Waals surface area contributed by atoms with Gasteiger partial charge in [0.15, 0.2) is 0 Å². The fourth-order valence-corrected chi connectivity index (χ4v) is 3.66. The van der Waals surface area contributed by atoms with Crippen molar-refractivity contribution in [3.63, 3.8) is 0 Å². The van der Waals surface area contributed by atoms with Crippen molar-refractivity contribution < 1.29 is 18.8 Å². The van der Waals surface area contributed by atoms with Gasteiger partial charge in [-0.15, -0.1) is 0 Å². The molecule has 0 saturated carbocycles. The van der Waals surface area contributed by atoms with Crippen molar-refractivity contribution in [1.29, 1.82) is 0 Å². The molecular formula is C25H25N5O4. The highest BCUT2D eigenvalue weighted by atomic mass is 16.5. The second-order valence-electron chi connectivity index (χ2n) is 7.70. The van der Waals surface area contributed by atoms with E-state index in [1.807, 2.05) is 60.9 Å². The van der Waals surface area contributed by atoms with Crippen LogP contribution in [0.5, 0.6) is 5.75 Å². The third-order valence-electron chi connectivity index (χ3n) is 5.39. The molecule has 0 spiro atoms. The van der Waals surface area contributed by atoms with E-state index in [1.165, 1.54) is 0 Å². The summed E-state index contributed by atoms with van der Waals surface area (Å²) in [5.41, 5.74) is 8.86. The zero-order chi connectivity index (χ0) is 24.1. The van der Waals surface area contributed by atoms with Crippen LogP contribution >= 0.6 is 0 Å². The normalized spacial score (nSPS) is 10.7. The zero-order valence-corrected chi connectivity index (χ0v) is 19.2. The first-order chi connectivity index (χ1) is 16.5. The Morgan fingerprint density at radius 3 is 2.47 bits per heavy atom. The van der Waals surface area contributed by atoms with E-state index >= 15 is 0 Å². The largest absolute Gasteiger partial charge is 0.497 e. The number of hydrogen-bond acceptors (Lipinski definition) is 6. The van der Waals surface area contributed by atoms with Crippen LogP contribution in [0.15, 0.2) is 65.2 Å². The lowest BCUT2D eigenvalue weighted by Crippen LogP contribution is -2.41. The Morgan fingerprint density at radius 2 is 1.76 bits per heavy atom. The number of para-hydroxylation sites is 1. The molecule has 0 saturated heterocycles. The number of methoxy groups -OCH3 is 1. The molecule has 2 heterocycles. The van der Waals surface area contributed by atoms with Crippen molar-refractivity contribution in [2.24, 2.45) is 0 Å². The molecule has 2 amide bonds. The van der Waals surface area contributed by atoms with Gasteiger partial charge in [0, 0.05) is 35.5 Å². The summed E-state index contributed by atoms with van der Waals surface area (Å²) >= 11 is 0. The highest BCUT2D eigenvalue weighted by Crippen LogP contribution is 2.21. The monoisotopic (exact) mass is 459 g/mol. The number of nitrogens with zero attached hydrogens (tertiary/aromatic N) is 3. The van der Waals surface area contributed by atoms with Crippen molar-refractivity contribution in [2.75, 3.05) is 7.11 Å². The lowest BCUT2D eigenvalue weighted by Gasteiger charge is -2.10. The van der Waals surface area contributed by atoms with Crippen molar-refractivity contribution in [2.45, 2.75) is 26.7 Å². The van der Waals surface area contributed by atoms with Crippen molar-refractivity contribution in [3.05, 3.63) is 83.5 Å². The molecule has 2 aromatic heterocycles. The SMILES string of the molecule is COc1ccc(-c2noc(CCC(=O)NNC(=O)c3cc(C)n(-c4ccccc4)c3C)n2)cc1. The standard InChI is InChI=1S/C25H25N5O4/c1-16-15-21(17(2)30(16)19-7-5-4-6-8-19)25(32)28-27-22(31)13-14-23-26-24(29-34-23)18-9-11-20(33-3)12-10-18/h4-12,15H,13-14H2,1-3H3,(H,27,31)(H,28,32). The van der Waals surface area contributed by atoms with Crippen molar-refractivity contribution in [3.8, 4) is 22.8 Å². The highest BCUT2D eigenvalue weighted by molar-refractivity contribution is 5.97. The first-order valence-corrected chi connectivity index (χ1v) is 10.8. The third-order valence-corrected chi connectivity index (χ3v) is 5.39. The number of hydrogen-bond donors (Lipinski definition) is 2. The summed E-state index contributed by atoms with van der Waals surface area (Å²) in [5, 5.41) is 3.95. The second kappa shape index (κ2) is 10.0. The van der Waals surface area contributed by atoms with Crippen LogP contribution in [0, 0.1) is 13.8 Å². The Morgan fingerprint density at radius 1 is 1.03 bits per heavy atom. The molecule has 9 nitrogen and oxygen atoms in total. The molecule has 0 aliphatic rings. The maximum atomic E-state index is 12.7. The highest BCUT2D eigenvalue weighted by Gasteiger charge is 2.17. The lowest BCUT2D eigenvalue weighted by molar-refractivity contribution is -0.121. The van der Waals surface area contributed by atoms with Gasteiger partial charge < -0.3 is 13.8 Å². The molecule has 0 aliphatic heterocycles. The predicted molar refractivity (Wildman–Crippen MR) is 125 cm³/mol. The van der Waals surface area contributed by atoms with Gasteiger partial charge in [0.05, 0.1) is 12.7 Å². The number of nitrogens with one attached hydrogen (secondary N) is 2. The van der Waals surface area contributed by atoms with Crippen LogP contribution in [0.2, 0.25) is 0 Å². The number of rotatable bonds is 7. The molecule has 2 N–H and O–H groups in total. The smallest absolute Gasteiger partial charge is 0.271 e. The lowest BCUT2D eigenvalue weighted by atomic mass is 10.2. The Hall–Kier alpha value is -4.40. The van der Waals surface area contributed by atoms with Crippen LogP contribution in [0.4, 0.5) is 0 Å².